The van der Waals surface area contributed by atoms with Crippen molar-refractivity contribution in [2.24, 2.45) is 0 Å². The summed E-state index contributed by atoms with van der Waals surface area (Å²) in [6.07, 6.45) is 1.37. The first-order valence-electron chi connectivity index (χ1n) is 10.7. The molecule has 1 fully saturated rings. The van der Waals surface area contributed by atoms with Crippen LogP contribution in [0.5, 0.6) is 23.0 Å². The molecule has 1 aliphatic heterocycles. The molecule has 9 nitrogen and oxygen atoms in total. The van der Waals surface area contributed by atoms with E-state index in [1.807, 2.05) is 0 Å². The van der Waals surface area contributed by atoms with Gasteiger partial charge in [-0.3, -0.25) is 15.0 Å². The average Bonchev–Trinajstić information content (AvgIpc) is 3.18. The maximum absolute atomic E-state index is 13.2. The number of nitrogens with one attached hydrogen (secondary N) is 1. The first-order chi connectivity index (χ1) is 17.8. The van der Waals surface area contributed by atoms with Gasteiger partial charge in [-0.15, -0.1) is 0 Å². The van der Waals surface area contributed by atoms with Crippen molar-refractivity contribution >= 4 is 61.4 Å². The van der Waals surface area contributed by atoms with Gasteiger partial charge in [-0.05, 0) is 58.4 Å². The molecule has 0 unspecified atom stereocenters. The zero-order valence-corrected chi connectivity index (χ0v) is 23.0. The minimum absolute atomic E-state index is 0.105. The highest BCUT2D eigenvalue weighted by molar-refractivity contribution is 9.11. The van der Waals surface area contributed by atoms with Crippen molar-refractivity contribution in [2.75, 3.05) is 26.3 Å². The van der Waals surface area contributed by atoms with Crippen LogP contribution in [-0.4, -0.2) is 39.1 Å². The molecule has 0 radical (unpaired) electrons. The van der Waals surface area contributed by atoms with Crippen molar-refractivity contribution in [3.8, 4) is 23.0 Å². The summed E-state index contributed by atoms with van der Waals surface area (Å²) in [7, 11) is 4.32. The van der Waals surface area contributed by atoms with Gasteiger partial charge in [0, 0.05) is 10.0 Å². The molecule has 3 aromatic carbocycles. The minimum Gasteiger partial charge on any atom is -0.493 e. The molecule has 0 saturated carbocycles. The number of ether oxygens (including phenoxy) is 4. The van der Waals surface area contributed by atoms with Crippen LogP contribution < -0.4 is 29.4 Å². The molecule has 2 amide bonds. The molecular formula is C26H20Br2N2O7. The third-order valence-corrected chi connectivity index (χ3v) is 6.38. The van der Waals surface area contributed by atoms with Crippen LogP contribution in [0.3, 0.4) is 0 Å². The number of methoxy groups -OCH3 is 3. The summed E-state index contributed by atoms with van der Waals surface area (Å²) in [4.78, 5) is 38.9. The molecule has 3 aromatic rings. The van der Waals surface area contributed by atoms with Crippen molar-refractivity contribution < 1.29 is 33.3 Å². The molecule has 4 rings (SSSR count). The van der Waals surface area contributed by atoms with Gasteiger partial charge < -0.3 is 18.9 Å². The van der Waals surface area contributed by atoms with Crippen LogP contribution in [-0.2, 0) is 9.59 Å². The van der Waals surface area contributed by atoms with E-state index in [4.69, 9.17) is 18.9 Å². The minimum atomic E-state index is -0.727. The molecule has 1 N–H and O–H groups in total. The number of benzene rings is 3. The summed E-state index contributed by atoms with van der Waals surface area (Å²) >= 11 is 6.80. The summed E-state index contributed by atoms with van der Waals surface area (Å²) < 4.78 is 22.7. The van der Waals surface area contributed by atoms with Crippen molar-refractivity contribution in [1.82, 2.24) is 5.43 Å². The van der Waals surface area contributed by atoms with Crippen LogP contribution in [0, 0.1) is 0 Å². The smallest absolute Gasteiger partial charge is 0.343 e. The number of carbonyl (C=O) groups excluding carboxylic acids is 3. The Morgan fingerprint density at radius 2 is 1.54 bits per heavy atom. The second kappa shape index (κ2) is 11.1. The van der Waals surface area contributed by atoms with Gasteiger partial charge in [0.25, 0.3) is 11.8 Å². The summed E-state index contributed by atoms with van der Waals surface area (Å²) in [5.74, 6) is -0.879. The number of hydrogen-bond donors (Lipinski definition) is 1. The Balaban J connectivity index is 1.71. The summed E-state index contributed by atoms with van der Waals surface area (Å²) in [5, 5.41) is 1.16. The Bertz CT molecular complexity index is 1400. The highest BCUT2D eigenvalue weighted by Crippen LogP contribution is 2.40. The second-order valence-corrected chi connectivity index (χ2v) is 9.35. The third kappa shape index (κ3) is 5.32. The predicted molar refractivity (Wildman–Crippen MR) is 143 cm³/mol. The SMILES string of the molecule is COc1cc(C(=O)Oc2c(Br)cc(Br)cc2/C=C2\C(=O)NN(c3ccccc3)C2=O)cc(OC)c1OC. The molecule has 1 saturated heterocycles. The van der Waals surface area contributed by atoms with Gasteiger partial charge in [-0.2, -0.15) is 0 Å². The Morgan fingerprint density at radius 3 is 2.14 bits per heavy atom. The van der Waals surface area contributed by atoms with Gasteiger partial charge in [0.15, 0.2) is 17.2 Å². The average molecular weight is 632 g/mol. The van der Waals surface area contributed by atoms with Gasteiger partial charge in [-0.1, -0.05) is 34.1 Å². The molecule has 190 valence electrons. The topological polar surface area (TPSA) is 103 Å². The number of nitrogens with zero attached hydrogens (tertiary/aromatic N) is 1. The number of anilines is 1. The highest BCUT2D eigenvalue weighted by Gasteiger charge is 2.35. The first-order valence-corrected chi connectivity index (χ1v) is 12.3. The molecule has 0 spiro atoms. The van der Waals surface area contributed by atoms with E-state index in [1.54, 1.807) is 42.5 Å². The third-order valence-electron chi connectivity index (χ3n) is 5.34. The largest absolute Gasteiger partial charge is 0.493 e. The fourth-order valence-corrected chi connectivity index (χ4v) is 4.96. The van der Waals surface area contributed by atoms with E-state index in [-0.39, 0.29) is 28.4 Å². The molecule has 0 aromatic heterocycles. The fraction of sp³-hybridized carbons (Fsp3) is 0.115. The monoisotopic (exact) mass is 630 g/mol. The van der Waals surface area contributed by atoms with E-state index in [0.717, 1.165) is 5.01 Å². The van der Waals surface area contributed by atoms with E-state index >= 15 is 0 Å². The number of esters is 1. The second-order valence-electron chi connectivity index (χ2n) is 7.58. The first kappa shape index (κ1) is 26.2. The number of hydrogen-bond acceptors (Lipinski definition) is 7. The summed E-state index contributed by atoms with van der Waals surface area (Å²) in [5.41, 5.74) is 3.38. The van der Waals surface area contributed by atoms with E-state index in [9.17, 15) is 14.4 Å². The number of rotatable bonds is 7. The van der Waals surface area contributed by atoms with Gasteiger partial charge >= 0.3 is 5.97 Å². The van der Waals surface area contributed by atoms with Crippen molar-refractivity contribution in [2.45, 2.75) is 0 Å². The van der Waals surface area contributed by atoms with Crippen LogP contribution >= 0.6 is 31.9 Å². The molecular weight excluding hydrogens is 612 g/mol. The predicted octanol–water partition coefficient (Wildman–Crippen LogP) is 4.92. The van der Waals surface area contributed by atoms with Crippen molar-refractivity contribution in [3.05, 3.63) is 80.2 Å². The van der Waals surface area contributed by atoms with Gasteiger partial charge in [-0.25, -0.2) is 9.80 Å². The highest BCUT2D eigenvalue weighted by atomic mass is 79.9. The number of amides is 2. The van der Waals surface area contributed by atoms with Crippen LogP contribution in [0.25, 0.3) is 6.08 Å². The van der Waals surface area contributed by atoms with Gasteiger partial charge in [0.2, 0.25) is 5.75 Å². The molecule has 0 aliphatic carbocycles. The fourth-order valence-electron chi connectivity index (χ4n) is 3.62. The van der Waals surface area contributed by atoms with Crippen molar-refractivity contribution in [1.29, 1.82) is 0 Å². The van der Waals surface area contributed by atoms with Crippen LogP contribution in [0.1, 0.15) is 15.9 Å². The Hall–Kier alpha value is -3.83. The van der Waals surface area contributed by atoms with Crippen molar-refractivity contribution in [3.63, 3.8) is 0 Å². The van der Waals surface area contributed by atoms with E-state index in [2.05, 4.69) is 37.3 Å². The standard InChI is InChI=1S/C26H20Br2N2O7/c1-34-20-11-15(12-21(35-2)23(20)36-3)26(33)37-22-14(9-16(27)13-19(22)28)10-18-24(31)29-30(25(18)32)17-7-5-4-6-8-17/h4-13H,1-3H3,(H,29,31)/b18-10+. The van der Waals surface area contributed by atoms with E-state index in [1.165, 1.54) is 39.5 Å². The number of para-hydroxylation sites is 1. The lowest BCUT2D eigenvalue weighted by Gasteiger charge is -2.15. The lowest BCUT2D eigenvalue weighted by molar-refractivity contribution is -0.117. The Labute approximate surface area is 229 Å². The maximum Gasteiger partial charge on any atom is 0.343 e. The molecule has 0 atom stereocenters. The molecule has 1 aliphatic rings. The maximum atomic E-state index is 13.2. The molecule has 37 heavy (non-hydrogen) atoms. The quantitative estimate of drug-likeness (QED) is 0.171. The summed E-state index contributed by atoms with van der Waals surface area (Å²) in [6, 6.07) is 14.9. The lowest BCUT2D eigenvalue weighted by Crippen LogP contribution is -2.35. The number of halogens is 2. The zero-order chi connectivity index (χ0) is 26.7. The van der Waals surface area contributed by atoms with Gasteiger partial charge in [0.1, 0.15) is 5.57 Å². The molecule has 0 bridgehead atoms. The number of hydrazine groups is 1. The van der Waals surface area contributed by atoms with E-state index < -0.39 is 17.8 Å². The summed E-state index contributed by atoms with van der Waals surface area (Å²) in [6.45, 7) is 0. The lowest BCUT2D eigenvalue weighted by atomic mass is 10.1. The zero-order valence-electron chi connectivity index (χ0n) is 19.8. The number of carbonyl (C=O) groups is 3. The van der Waals surface area contributed by atoms with Gasteiger partial charge in [0.05, 0.1) is 37.1 Å². The molecule has 11 heteroatoms. The Kier molecular flexibility index (Phi) is 7.84. The van der Waals surface area contributed by atoms with E-state index in [0.29, 0.717) is 25.9 Å². The van der Waals surface area contributed by atoms with Crippen LogP contribution in [0.2, 0.25) is 0 Å². The Morgan fingerprint density at radius 1 is 0.892 bits per heavy atom. The van der Waals surface area contributed by atoms with Crippen LogP contribution in [0.15, 0.2) is 69.1 Å². The molecule has 1 heterocycles. The normalized spacial score (nSPS) is 14.0. The van der Waals surface area contributed by atoms with Crippen LogP contribution in [0.4, 0.5) is 5.69 Å².